The maximum atomic E-state index is 13.5. The Morgan fingerprint density at radius 3 is 2.47 bits per heavy atom. The lowest BCUT2D eigenvalue weighted by Crippen LogP contribution is -2.07. The first kappa shape index (κ1) is 14.0. The molecule has 0 saturated carbocycles. The van der Waals surface area contributed by atoms with Gasteiger partial charge in [0.2, 0.25) is 0 Å². The van der Waals surface area contributed by atoms with Crippen molar-refractivity contribution in [1.82, 2.24) is 0 Å². The number of carbonyl (C=O) groups is 1. The Hall–Kier alpha value is -1.45. The Balaban J connectivity index is 2.31. The molecule has 2 rings (SSSR count). The molecule has 19 heavy (non-hydrogen) atoms. The molecule has 1 nitrogen and oxygen atoms in total. The molecule has 0 N–H and O–H groups in total. The van der Waals surface area contributed by atoms with E-state index in [0.717, 1.165) is 6.07 Å². The molecule has 2 aromatic carbocycles. The molecule has 98 valence electrons. The van der Waals surface area contributed by atoms with Crippen LogP contribution in [0.2, 0.25) is 10.0 Å². The molecule has 0 fully saturated rings. The largest absolute Gasteiger partial charge is 0.294 e. The smallest absolute Gasteiger partial charge is 0.168 e. The summed E-state index contributed by atoms with van der Waals surface area (Å²) in [5.74, 6) is -2.42. The second-order valence-corrected chi connectivity index (χ2v) is 4.70. The zero-order valence-electron chi connectivity index (χ0n) is 9.59. The minimum atomic E-state index is -1.02. The van der Waals surface area contributed by atoms with Crippen LogP contribution in [0.1, 0.15) is 15.9 Å². The van der Waals surface area contributed by atoms with Gasteiger partial charge in [-0.1, -0.05) is 41.4 Å². The highest BCUT2D eigenvalue weighted by atomic mass is 35.5. The van der Waals surface area contributed by atoms with Crippen LogP contribution in [-0.4, -0.2) is 5.78 Å². The van der Waals surface area contributed by atoms with E-state index in [0.29, 0.717) is 0 Å². The summed E-state index contributed by atoms with van der Waals surface area (Å²) in [5, 5.41) is 0.359. The zero-order chi connectivity index (χ0) is 14.0. The standard InChI is InChI=1S/C14H8Cl2F2O/c15-10-5-2-4-9(13(10)16)12(19)7-8-3-1-6-11(17)14(8)18/h1-6H,7H2. The molecular formula is C14H8Cl2F2O. The molecule has 0 aliphatic heterocycles. The number of hydrogen-bond acceptors (Lipinski definition) is 1. The predicted octanol–water partition coefficient (Wildman–Crippen LogP) is 4.70. The lowest BCUT2D eigenvalue weighted by Gasteiger charge is -2.06. The van der Waals surface area contributed by atoms with Crippen molar-refractivity contribution < 1.29 is 13.6 Å². The summed E-state index contributed by atoms with van der Waals surface area (Å²) >= 11 is 11.7. The first-order chi connectivity index (χ1) is 9.00. The first-order valence-electron chi connectivity index (χ1n) is 5.41. The van der Waals surface area contributed by atoms with Crippen LogP contribution in [-0.2, 0) is 6.42 Å². The molecule has 2 aromatic rings. The zero-order valence-corrected chi connectivity index (χ0v) is 11.1. The van der Waals surface area contributed by atoms with Gasteiger partial charge >= 0.3 is 0 Å². The summed E-state index contributed by atoms with van der Waals surface area (Å²) in [5.41, 5.74) is 0.180. The number of ketones is 1. The summed E-state index contributed by atoms with van der Waals surface area (Å²) in [7, 11) is 0. The second-order valence-electron chi connectivity index (χ2n) is 3.91. The maximum absolute atomic E-state index is 13.5. The van der Waals surface area contributed by atoms with Crippen molar-refractivity contribution in [2.45, 2.75) is 6.42 Å². The molecule has 0 spiro atoms. The SMILES string of the molecule is O=C(Cc1cccc(F)c1F)c1cccc(Cl)c1Cl. The van der Waals surface area contributed by atoms with E-state index in [-0.39, 0.29) is 27.6 Å². The van der Waals surface area contributed by atoms with E-state index in [9.17, 15) is 13.6 Å². The van der Waals surface area contributed by atoms with Gasteiger partial charge in [-0.3, -0.25) is 4.79 Å². The molecular weight excluding hydrogens is 293 g/mol. The maximum Gasteiger partial charge on any atom is 0.168 e. The summed E-state index contributed by atoms with van der Waals surface area (Å²) in [6, 6.07) is 8.31. The van der Waals surface area contributed by atoms with Crippen molar-refractivity contribution >= 4 is 29.0 Å². The summed E-state index contributed by atoms with van der Waals surface area (Å²) in [6.07, 6.45) is -0.274. The third-order valence-corrected chi connectivity index (χ3v) is 3.45. The van der Waals surface area contributed by atoms with Crippen molar-refractivity contribution in [3.05, 3.63) is 69.2 Å². The molecule has 5 heteroatoms. The van der Waals surface area contributed by atoms with Crippen LogP contribution >= 0.6 is 23.2 Å². The minimum absolute atomic E-state index is 0.0129. The topological polar surface area (TPSA) is 17.1 Å². The number of hydrogen-bond donors (Lipinski definition) is 0. The van der Waals surface area contributed by atoms with Gasteiger partial charge in [0.15, 0.2) is 17.4 Å². The minimum Gasteiger partial charge on any atom is -0.294 e. The molecule has 0 bridgehead atoms. The molecule has 0 heterocycles. The quantitative estimate of drug-likeness (QED) is 0.751. The summed E-state index contributed by atoms with van der Waals surface area (Å²) in [4.78, 5) is 12.0. The van der Waals surface area contributed by atoms with Crippen molar-refractivity contribution in [2.75, 3.05) is 0 Å². The monoisotopic (exact) mass is 300 g/mol. The lowest BCUT2D eigenvalue weighted by molar-refractivity contribution is 0.0992. The van der Waals surface area contributed by atoms with E-state index in [1.807, 2.05) is 0 Å². The normalized spacial score (nSPS) is 10.5. The van der Waals surface area contributed by atoms with E-state index in [2.05, 4.69) is 0 Å². The van der Waals surface area contributed by atoms with Crippen LogP contribution < -0.4 is 0 Å². The fourth-order valence-corrected chi connectivity index (χ4v) is 2.08. The van der Waals surface area contributed by atoms with Crippen LogP contribution in [0.15, 0.2) is 36.4 Å². The van der Waals surface area contributed by atoms with Gasteiger partial charge in [-0.05, 0) is 23.8 Å². The molecule has 0 radical (unpaired) electrons. The average Bonchev–Trinajstić information content (AvgIpc) is 2.38. The number of Topliss-reactive ketones (excluding diaryl/α,β-unsaturated/α-hetero) is 1. The van der Waals surface area contributed by atoms with Gasteiger partial charge in [0, 0.05) is 12.0 Å². The van der Waals surface area contributed by atoms with Crippen molar-refractivity contribution in [3.63, 3.8) is 0 Å². The van der Waals surface area contributed by atoms with Crippen LogP contribution in [0.5, 0.6) is 0 Å². The Morgan fingerprint density at radius 2 is 1.74 bits per heavy atom. The van der Waals surface area contributed by atoms with E-state index in [1.54, 1.807) is 12.1 Å². The van der Waals surface area contributed by atoms with Crippen LogP contribution in [0.3, 0.4) is 0 Å². The molecule has 0 amide bonds. The molecule has 0 aliphatic rings. The number of carbonyl (C=O) groups excluding carboxylic acids is 1. The van der Waals surface area contributed by atoms with Gasteiger partial charge in [0.1, 0.15) is 0 Å². The van der Waals surface area contributed by atoms with Gasteiger partial charge in [-0.2, -0.15) is 0 Å². The number of benzene rings is 2. The lowest BCUT2D eigenvalue weighted by atomic mass is 10.0. The van der Waals surface area contributed by atoms with Crippen LogP contribution in [0, 0.1) is 11.6 Å². The van der Waals surface area contributed by atoms with E-state index < -0.39 is 17.4 Å². The average molecular weight is 301 g/mol. The van der Waals surface area contributed by atoms with E-state index >= 15 is 0 Å². The first-order valence-corrected chi connectivity index (χ1v) is 6.16. The summed E-state index contributed by atoms with van der Waals surface area (Å²) < 4.78 is 26.5. The second kappa shape index (κ2) is 5.68. The Labute approximate surface area is 118 Å². The van der Waals surface area contributed by atoms with Crippen molar-refractivity contribution in [1.29, 1.82) is 0 Å². The van der Waals surface area contributed by atoms with Gasteiger partial charge in [-0.25, -0.2) is 8.78 Å². The highest BCUT2D eigenvalue weighted by Crippen LogP contribution is 2.27. The van der Waals surface area contributed by atoms with Gasteiger partial charge in [0.05, 0.1) is 10.0 Å². The van der Waals surface area contributed by atoms with Gasteiger partial charge in [-0.15, -0.1) is 0 Å². The number of rotatable bonds is 3. The Morgan fingerprint density at radius 1 is 1.05 bits per heavy atom. The highest BCUT2D eigenvalue weighted by Gasteiger charge is 2.16. The molecule has 0 aliphatic carbocycles. The van der Waals surface area contributed by atoms with E-state index in [1.165, 1.54) is 18.2 Å². The van der Waals surface area contributed by atoms with Crippen molar-refractivity contribution in [2.24, 2.45) is 0 Å². The number of halogens is 4. The Kier molecular flexibility index (Phi) is 4.17. The molecule has 0 saturated heterocycles. The fourth-order valence-electron chi connectivity index (χ4n) is 1.67. The summed E-state index contributed by atoms with van der Waals surface area (Å²) in [6.45, 7) is 0. The van der Waals surface area contributed by atoms with Crippen LogP contribution in [0.4, 0.5) is 8.78 Å². The highest BCUT2D eigenvalue weighted by molar-refractivity contribution is 6.43. The van der Waals surface area contributed by atoms with E-state index in [4.69, 9.17) is 23.2 Å². The molecule has 0 atom stereocenters. The van der Waals surface area contributed by atoms with Gasteiger partial charge in [0.25, 0.3) is 0 Å². The van der Waals surface area contributed by atoms with Gasteiger partial charge < -0.3 is 0 Å². The predicted molar refractivity (Wildman–Crippen MR) is 70.9 cm³/mol. The van der Waals surface area contributed by atoms with Crippen LogP contribution in [0.25, 0.3) is 0 Å². The van der Waals surface area contributed by atoms with Crippen molar-refractivity contribution in [3.8, 4) is 0 Å². The Bertz CT molecular complexity index is 641. The molecule has 0 unspecified atom stereocenters. The fraction of sp³-hybridized carbons (Fsp3) is 0.0714. The third-order valence-electron chi connectivity index (χ3n) is 2.63. The molecule has 0 aromatic heterocycles. The third kappa shape index (κ3) is 2.94.